The number of hydrogen-bond donors (Lipinski definition) is 2. The maximum absolute atomic E-state index is 11.3. The molecule has 0 saturated carbocycles. The van der Waals surface area contributed by atoms with Crippen molar-refractivity contribution in [3.63, 3.8) is 0 Å². The molecule has 1 fully saturated rings. The average molecular weight is 242 g/mol. The molecule has 1 saturated heterocycles. The van der Waals surface area contributed by atoms with E-state index >= 15 is 0 Å². The van der Waals surface area contributed by atoms with Gasteiger partial charge < -0.3 is 15.3 Å². The molecule has 1 aliphatic rings. The number of carbonyl (C=O) groups is 1. The van der Waals surface area contributed by atoms with Crippen LogP contribution < -0.4 is 5.32 Å². The second-order valence-electron chi connectivity index (χ2n) is 5.12. The van der Waals surface area contributed by atoms with Crippen molar-refractivity contribution in [1.29, 1.82) is 0 Å². The van der Waals surface area contributed by atoms with Crippen molar-refractivity contribution in [1.82, 2.24) is 10.2 Å². The zero-order chi connectivity index (χ0) is 12.9. The Hall–Kier alpha value is -0.610. The van der Waals surface area contributed by atoms with Crippen molar-refractivity contribution in [2.24, 2.45) is 0 Å². The lowest BCUT2D eigenvalue weighted by molar-refractivity contribution is -0.145. The van der Waals surface area contributed by atoms with E-state index in [-0.39, 0.29) is 0 Å². The highest BCUT2D eigenvalue weighted by Gasteiger charge is 2.34. The molecule has 0 bridgehead atoms. The lowest BCUT2D eigenvalue weighted by Gasteiger charge is -2.29. The van der Waals surface area contributed by atoms with E-state index in [1.54, 1.807) is 7.05 Å². The number of carboxylic acids is 1. The van der Waals surface area contributed by atoms with E-state index < -0.39 is 11.5 Å². The standard InChI is InChI=1S/C13H26N2O2/c1-4-13(14-3,12(16)17)8-6-10-15-9-5-7-11(15)2/h11,14H,4-10H2,1-3H3,(H,16,17). The molecule has 0 radical (unpaired) electrons. The van der Waals surface area contributed by atoms with Gasteiger partial charge in [0, 0.05) is 6.04 Å². The third kappa shape index (κ3) is 3.42. The lowest BCUT2D eigenvalue weighted by atomic mass is 9.90. The van der Waals surface area contributed by atoms with Crippen LogP contribution in [0.15, 0.2) is 0 Å². The zero-order valence-electron chi connectivity index (χ0n) is 11.3. The number of likely N-dealkylation sites (N-methyl/N-ethyl adjacent to an activating group) is 1. The van der Waals surface area contributed by atoms with Gasteiger partial charge in [-0.2, -0.15) is 0 Å². The van der Waals surface area contributed by atoms with E-state index in [0.29, 0.717) is 18.9 Å². The molecule has 100 valence electrons. The fourth-order valence-corrected chi connectivity index (χ4v) is 2.75. The topological polar surface area (TPSA) is 52.6 Å². The van der Waals surface area contributed by atoms with Crippen LogP contribution in [0.3, 0.4) is 0 Å². The predicted molar refractivity (Wildman–Crippen MR) is 69.2 cm³/mol. The summed E-state index contributed by atoms with van der Waals surface area (Å²) in [4.78, 5) is 13.8. The molecule has 2 N–H and O–H groups in total. The van der Waals surface area contributed by atoms with Crippen LogP contribution in [0, 0.1) is 0 Å². The number of rotatable bonds is 7. The van der Waals surface area contributed by atoms with Gasteiger partial charge in [0.1, 0.15) is 5.54 Å². The van der Waals surface area contributed by atoms with E-state index in [9.17, 15) is 9.90 Å². The molecule has 0 aromatic rings. The summed E-state index contributed by atoms with van der Waals surface area (Å²) in [6, 6.07) is 0.672. The van der Waals surface area contributed by atoms with Crippen molar-refractivity contribution in [3.8, 4) is 0 Å². The number of nitrogens with one attached hydrogen (secondary N) is 1. The van der Waals surface area contributed by atoms with Crippen molar-refractivity contribution in [2.75, 3.05) is 20.1 Å². The van der Waals surface area contributed by atoms with Gasteiger partial charge in [0.2, 0.25) is 0 Å². The molecular weight excluding hydrogens is 216 g/mol. The fraction of sp³-hybridized carbons (Fsp3) is 0.923. The summed E-state index contributed by atoms with van der Waals surface area (Å²) in [5.74, 6) is -0.725. The maximum Gasteiger partial charge on any atom is 0.323 e. The van der Waals surface area contributed by atoms with Gasteiger partial charge in [0.05, 0.1) is 0 Å². The van der Waals surface area contributed by atoms with Crippen LogP contribution in [0.25, 0.3) is 0 Å². The summed E-state index contributed by atoms with van der Waals surface area (Å²) in [5, 5.41) is 12.3. The Morgan fingerprint density at radius 2 is 2.29 bits per heavy atom. The Bertz CT molecular complexity index is 252. The Morgan fingerprint density at radius 1 is 1.59 bits per heavy atom. The van der Waals surface area contributed by atoms with E-state index in [2.05, 4.69) is 17.1 Å². The molecule has 1 rings (SSSR count). The quantitative estimate of drug-likeness (QED) is 0.713. The highest BCUT2D eigenvalue weighted by Crippen LogP contribution is 2.21. The number of carboxylic acid groups (broad SMARTS) is 1. The number of aliphatic carboxylic acids is 1. The average Bonchev–Trinajstić information content (AvgIpc) is 2.70. The zero-order valence-corrected chi connectivity index (χ0v) is 11.3. The Balaban J connectivity index is 2.39. The Kier molecular flexibility index (Phi) is 5.40. The second kappa shape index (κ2) is 6.36. The van der Waals surface area contributed by atoms with Gasteiger partial charge in [0.15, 0.2) is 0 Å². The van der Waals surface area contributed by atoms with E-state index in [1.807, 2.05) is 6.92 Å². The second-order valence-corrected chi connectivity index (χ2v) is 5.12. The minimum atomic E-state index is -0.733. The number of nitrogens with zero attached hydrogens (tertiary/aromatic N) is 1. The van der Waals surface area contributed by atoms with E-state index in [0.717, 1.165) is 13.0 Å². The highest BCUT2D eigenvalue weighted by molar-refractivity contribution is 5.78. The molecule has 0 aromatic carbocycles. The first kappa shape index (κ1) is 14.5. The van der Waals surface area contributed by atoms with Crippen LogP contribution >= 0.6 is 0 Å². The smallest absolute Gasteiger partial charge is 0.323 e. The minimum Gasteiger partial charge on any atom is -0.480 e. The SMILES string of the molecule is CCC(CCCN1CCCC1C)(NC)C(=O)O. The summed E-state index contributed by atoms with van der Waals surface area (Å²) in [5.41, 5.74) is -0.733. The molecule has 17 heavy (non-hydrogen) atoms. The first-order valence-corrected chi connectivity index (χ1v) is 6.72. The third-order valence-corrected chi connectivity index (χ3v) is 4.23. The van der Waals surface area contributed by atoms with E-state index in [4.69, 9.17) is 0 Å². The first-order valence-electron chi connectivity index (χ1n) is 6.72. The highest BCUT2D eigenvalue weighted by atomic mass is 16.4. The summed E-state index contributed by atoms with van der Waals surface area (Å²) < 4.78 is 0. The fourth-order valence-electron chi connectivity index (χ4n) is 2.75. The largest absolute Gasteiger partial charge is 0.480 e. The van der Waals surface area contributed by atoms with Gasteiger partial charge in [-0.05, 0) is 59.2 Å². The maximum atomic E-state index is 11.3. The van der Waals surface area contributed by atoms with Gasteiger partial charge in [0.25, 0.3) is 0 Å². The molecular formula is C13H26N2O2. The van der Waals surface area contributed by atoms with Crippen LogP contribution in [-0.2, 0) is 4.79 Å². The van der Waals surface area contributed by atoms with Crippen LogP contribution in [0.2, 0.25) is 0 Å². The molecule has 0 amide bonds. The summed E-state index contributed by atoms with van der Waals surface area (Å²) in [7, 11) is 1.75. The van der Waals surface area contributed by atoms with Gasteiger partial charge in [-0.3, -0.25) is 4.79 Å². The minimum absolute atomic E-state index is 0.633. The molecule has 2 atom stereocenters. The first-order chi connectivity index (χ1) is 8.05. The van der Waals surface area contributed by atoms with Crippen LogP contribution in [0.5, 0.6) is 0 Å². The van der Waals surface area contributed by atoms with Crippen LogP contribution in [0.1, 0.15) is 46.0 Å². The van der Waals surface area contributed by atoms with Gasteiger partial charge in [-0.15, -0.1) is 0 Å². The molecule has 1 heterocycles. The Labute approximate surface area is 104 Å². The van der Waals surface area contributed by atoms with Gasteiger partial charge in [-0.1, -0.05) is 6.92 Å². The lowest BCUT2D eigenvalue weighted by Crippen LogP contribution is -2.50. The molecule has 0 aliphatic carbocycles. The Morgan fingerprint density at radius 3 is 2.71 bits per heavy atom. The molecule has 1 aliphatic heterocycles. The number of likely N-dealkylation sites (tertiary alicyclic amines) is 1. The molecule has 0 spiro atoms. The van der Waals surface area contributed by atoms with Gasteiger partial charge >= 0.3 is 5.97 Å². The predicted octanol–water partition coefficient (Wildman–Crippen LogP) is 1.70. The van der Waals surface area contributed by atoms with Crippen molar-refractivity contribution < 1.29 is 9.90 Å². The molecule has 4 nitrogen and oxygen atoms in total. The summed E-state index contributed by atoms with van der Waals surface area (Å²) in [6.07, 6.45) is 4.85. The van der Waals surface area contributed by atoms with Crippen molar-refractivity contribution >= 4 is 5.97 Å². The van der Waals surface area contributed by atoms with Crippen molar-refractivity contribution in [2.45, 2.75) is 57.5 Å². The third-order valence-electron chi connectivity index (χ3n) is 4.23. The summed E-state index contributed by atoms with van der Waals surface area (Å²) >= 11 is 0. The normalized spacial score (nSPS) is 24.8. The monoisotopic (exact) mass is 242 g/mol. The van der Waals surface area contributed by atoms with E-state index in [1.165, 1.54) is 19.4 Å². The summed E-state index contributed by atoms with van der Waals surface area (Å²) in [6.45, 7) is 6.39. The van der Waals surface area contributed by atoms with Crippen molar-refractivity contribution in [3.05, 3.63) is 0 Å². The van der Waals surface area contributed by atoms with Gasteiger partial charge in [-0.25, -0.2) is 0 Å². The number of hydrogen-bond acceptors (Lipinski definition) is 3. The molecule has 0 aromatic heterocycles. The molecule has 2 unspecified atom stereocenters. The van der Waals surface area contributed by atoms with Crippen LogP contribution in [-0.4, -0.2) is 47.7 Å². The van der Waals surface area contributed by atoms with Crippen LogP contribution in [0.4, 0.5) is 0 Å². The molecule has 4 heteroatoms.